The van der Waals surface area contributed by atoms with Crippen molar-refractivity contribution in [2.75, 3.05) is 0 Å². The Kier molecular flexibility index (Phi) is 6.05. The van der Waals surface area contributed by atoms with E-state index >= 15 is 0 Å². The molecule has 0 N–H and O–H groups in total. The molecule has 0 aliphatic carbocycles. The number of carbonyl (C=O) groups excluding carboxylic acids is 1. The highest BCUT2D eigenvalue weighted by molar-refractivity contribution is 8.00. The van der Waals surface area contributed by atoms with Gasteiger partial charge in [-0.2, -0.15) is 0 Å². The number of hydrogen-bond donors (Lipinski definition) is 0. The van der Waals surface area contributed by atoms with Crippen molar-refractivity contribution in [3.05, 3.63) is 46.9 Å². The molecule has 0 atom stereocenters. The van der Waals surface area contributed by atoms with Gasteiger partial charge in [-0.15, -0.1) is 11.8 Å². The summed E-state index contributed by atoms with van der Waals surface area (Å²) >= 11 is 1.95. The Hall–Kier alpha value is -2.32. The van der Waals surface area contributed by atoms with E-state index in [9.17, 15) is 4.79 Å². The minimum Gasteiger partial charge on any atom is -0.406 e. The van der Waals surface area contributed by atoms with Crippen LogP contribution in [0.3, 0.4) is 0 Å². The van der Waals surface area contributed by atoms with Gasteiger partial charge in [0.2, 0.25) is 5.88 Å². The van der Waals surface area contributed by atoms with Crippen LogP contribution in [0.5, 0.6) is 5.88 Å². The van der Waals surface area contributed by atoms with E-state index in [0.717, 1.165) is 24.0 Å². The third-order valence-corrected chi connectivity index (χ3v) is 6.19. The molecular weight excluding hydrogens is 380 g/mol. The van der Waals surface area contributed by atoms with Gasteiger partial charge in [-0.3, -0.25) is 4.79 Å². The highest BCUT2D eigenvalue weighted by Gasteiger charge is 2.38. The molecule has 152 valence electrons. The summed E-state index contributed by atoms with van der Waals surface area (Å²) in [6, 6.07) is 4.49. The van der Waals surface area contributed by atoms with E-state index in [1.165, 1.54) is 22.9 Å². The summed E-state index contributed by atoms with van der Waals surface area (Å²) in [6.07, 6.45) is 5.21. The second kappa shape index (κ2) is 8.20. The minimum atomic E-state index is -0.297. The smallest absolute Gasteiger partial charge is 0.312 e. The van der Waals surface area contributed by atoms with Crippen molar-refractivity contribution < 1.29 is 9.53 Å². The first-order valence-electron chi connectivity index (χ1n) is 9.98. The molecule has 0 bridgehead atoms. The Morgan fingerprint density at radius 1 is 1.17 bits per heavy atom. The van der Waals surface area contributed by atoms with Gasteiger partial charge >= 0.3 is 5.97 Å². The molecule has 1 aliphatic rings. The highest BCUT2D eigenvalue weighted by Crippen LogP contribution is 2.51. The zero-order valence-electron chi connectivity index (χ0n) is 18.0. The Morgan fingerprint density at radius 2 is 1.93 bits per heavy atom. The van der Waals surface area contributed by atoms with Gasteiger partial charge in [0.15, 0.2) is 0 Å². The van der Waals surface area contributed by atoms with Crippen molar-refractivity contribution in [1.29, 1.82) is 0 Å². The van der Waals surface area contributed by atoms with Gasteiger partial charge in [0, 0.05) is 21.6 Å². The molecule has 0 radical (unpaired) electrons. The third-order valence-electron chi connectivity index (χ3n) is 4.94. The average Bonchev–Trinajstić information content (AvgIpc) is 2.60. The van der Waals surface area contributed by atoms with Crippen LogP contribution in [0.2, 0.25) is 0 Å². The lowest BCUT2D eigenvalue weighted by Crippen LogP contribution is -2.33. The molecule has 0 amide bonds. The van der Waals surface area contributed by atoms with Crippen LogP contribution in [0.25, 0.3) is 0 Å². The maximum Gasteiger partial charge on any atom is 0.312 e. The molecule has 0 fully saturated rings. The van der Waals surface area contributed by atoms with Crippen LogP contribution < -0.4 is 4.74 Å². The zero-order chi connectivity index (χ0) is 21.2. The number of thioether (sulfide) groups is 1. The van der Waals surface area contributed by atoms with Gasteiger partial charge in [-0.1, -0.05) is 40.5 Å². The predicted octanol–water partition coefficient (Wildman–Crippen LogP) is 5.44. The fourth-order valence-corrected chi connectivity index (χ4v) is 5.57. The Bertz CT molecular complexity index is 982. The molecule has 5 heteroatoms. The molecule has 2 aromatic rings. The molecule has 3 rings (SSSR count). The summed E-state index contributed by atoms with van der Waals surface area (Å²) in [5.41, 5.74) is 4.19. The van der Waals surface area contributed by atoms with E-state index in [-0.39, 0.29) is 22.0 Å². The van der Waals surface area contributed by atoms with E-state index < -0.39 is 0 Å². The number of aryl methyl sites for hydroxylation is 1. The number of fused-ring (bicyclic) bond motifs is 1. The number of esters is 1. The van der Waals surface area contributed by atoms with E-state index in [4.69, 9.17) is 4.74 Å². The lowest BCUT2D eigenvalue weighted by Gasteiger charge is -2.42. The van der Waals surface area contributed by atoms with Crippen LogP contribution in [0, 0.1) is 18.8 Å². The fraction of sp³-hybridized carbons (Fsp3) is 0.458. The summed E-state index contributed by atoms with van der Waals surface area (Å²) < 4.78 is 5.36. The van der Waals surface area contributed by atoms with E-state index in [1.54, 1.807) is 0 Å². The predicted molar refractivity (Wildman–Crippen MR) is 117 cm³/mol. The lowest BCUT2D eigenvalue weighted by molar-refractivity contribution is -0.134. The normalized spacial score (nSPS) is 16.3. The first kappa shape index (κ1) is 21.4. The number of rotatable bonds is 3. The maximum atomic E-state index is 11.5. The quantitative estimate of drug-likeness (QED) is 0.500. The summed E-state index contributed by atoms with van der Waals surface area (Å²) in [7, 11) is 0. The standard InChI is InChI=1S/C24H28N2O2S/c1-7-8-22(27)28-21-14-25-18(13-26-21)10-9-17-12-19-20(11-16(17)2)29-24(5,6)15-23(19,3)4/h11-14H,7-8,15H2,1-6H3. The second-order valence-electron chi connectivity index (χ2n) is 8.80. The topological polar surface area (TPSA) is 52.1 Å². The molecular formula is C24H28N2O2S. The van der Waals surface area contributed by atoms with Gasteiger partial charge < -0.3 is 4.74 Å². The molecule has 0 saturated carbocycles. The first-order valence-corrected chi connectivity index (χ1v) is 10.8. The summed E-state index contributed by atoms with van der Waals surface area (Å²) in [5.74, 6) is 6.25. The van der Waals surface area contributed by atoms with Crippen LogP contribution in [-0.2, 0) is 10.2 Å². The number of carbonyl (C=O) groups is 1. The number of hydrogen-bond acceptors (Lipinski definition) is 5. The summed E-state index contributed by atoms with van der Waals surface area (Å²) in [5, 5.41) is 0. The van der Waals surface area contributed by atoms with Crippen LogP contribution >= 0.6 is 11.8 Å². The number of ether oxygens (including phenoxy) is 1. The highest BCUT2D eigenvalue weighted by atomic mass is 32.2. The molecule has 1 aromatic carbocycles. The van der Waals surface area contributed by atoms with Crippen molar-refractivity contribution >= 4 is 17.7 Å². The third kappa shape index (κ3) is 5.19. The van der Waals surface area contributed by atoms with Crippen LogP contribution in [0.1, 0.15) is 76.3 Å². The summed E-state index contributed by atoms with van der Waals surface area (Å²) in [4.78, 5) is 21.3. The molecule has 29 heavy (non-hydrogen) atoms. The van der Waals surface area contributed by atoms with Crippen LogP contribution in [0.4, 0.5) is 0 Å². The van der Waals surface area contributed by atoms with Crippen molar-refractivity contribution in [2.24, 2.45) is 0 Å². The van der Waals surface area contributed by atoms with Crippen molar-refractivity contribution in [1.82, 2.24) is 9.97 Å². The lowest BCUT2D eigenvalue weighted by atomic mass is 9.76. The van der Waals surface area contributed by atoms with E-state index in [1.807, 2.05) is 18.7 Å². The largest absolute Gasteiger partial charge is 0.406 e. The van der Waals surface area contributed by atoms with Gasteiger partial charge in [-0.25, -0.2) is 9.97 Å². The number of nitrogens with zero attached hydrogens (tertiary/aromatic N) is 2. The van der Waals surface area contributed by atoms with Crippen LogP contribution in [-0.4, -0.2) is 20.7 Å². The molecule has 0 saturated heterocycles. The molecule has 0 spiro atoms. The van der Waals surface area contributed by atoms with Crippen molar-refractivity contribution in [3.63, 3.8) is 0 Å². The van der Waals surface area contributed by atoms with Crippen LogP contribution in [0.15, 0.2) is 29.4 Å². The Labute approximate surface area is 177 Å². The Balaban J connectivity index is 1.84. The van der Waals surface area contributed by atoms with E-state index in [0.29, 0.717) is 12.1 Å². The molecule has 1 aromatic heterocycles. The fourth-order valence-electron chi connectivity index (χ4n) is 3.86. The monoisotopic (exact) mass is 408 g/mol. The Morgan fingerprint density at radius 3 is 2.59 bits per heavy atom. The molecule has 1 aliphatic heterocycles. The van der Waals surface area contributed by atoms with Gasteiger partial charge in [0.25, 0.3) is 0 Å². The molecule has 4 nitrogen and oxygen atoms in total. The first-order chi connectivity index (χ1) is 13.6. The molecule has 2 heterocycles. The number of aromatic nitrogens is 2. The maximum absolute atomic E-state index is 11.5. The van der Waals surface area contributed by atoms with E-state index in [2.05, 4.69) is 68.6 Å². The average molecular weight is 409 g/mol. The van der Waals surface area contributed by atoms with Crippen molar-refractivity contribution in [2.45, 2.75) is 75.9 Å². The second-order valence-corrected chi connectivity index (χ2v) is 10.5. The van der Waals surface area contributed by atoms with Gasteiger partial charge in [0.1, 0.15) is 5.69 Å². The minimum absolute atomic E-state index is 0.109. The zero-order valence-corrected chi connectivity index (χ0v) is 18.9. The summed E-state index contributed by atoms with van der Waals surface area (Å²) in [6.45, 7) is 13.3. The van der Waals surface area contributed by atoms with Crippen molar-refractivity contribution in [3.8, 4) is 17.7 Å². The molecule has 0 unspecified atom stereocenters. The van der Waals surface area contributed by atoms with Gasteiger partial charge in [0.05, 0.1) is 12.4 Å². The SMILES string of the molecule is CCCC(=O)Oc1cnc(C#Cc2cc3c(cc2C)SC(C)(C)CC3(C)C)cn1. The van der Waals surface area contributed by atoms with Gasteiger partial charge in [-0.05, 0) is 54.4 Å². The number of benzene rings is 1.